The Kier molecular flexibility index (Phi) is 5.06. The van der Waals surface area contributed by atoms with E-state index in [-0.39, 0.29) is 12.5 Å². The molecule has 0 aliphatic heterocycles. The molecule has 0 aliphatic rings. The molecule has 1 heterocycles. The molecule has 5 nitrogen and oxygen atoms in total. The lowest BCUT2D eigenvalue weighted by molar-refractivity contribution is -0.121. The summed E-state index contributed by atoms with van der Waals surface area (Å²) in [5.41, 5.74) is 3.89. The summed E-state index contributed by atoms with van der Waals surface area (Å²) in [4.78, 5) is 12.5. The lowest BCUT2D eigenvalue weighted by atomic mass is 10.1. The highest BCUT2D eigenvalue weighted by Gasteiger charge is 2.13. The minimum atomic E-state index is -0.0799. The van der Waals surface area contributed by atoms with E-state index < -0.39 is 0 Å². The first-order chi connectivity index (χ1) is 13.7. The Hall–Kier alpha value is -3.60. The predicted molar refractivity (Wildman–Crippen MR) is 110 cm³/mol. The highest BCUT2D eigenvalue weighted by molar-refractivity contribution is 5.94. The zero-order chi connectivity index (χ0) is 19.3. The van der Waals surface area contributed by atoms with Gasteiger partial charge in [0.05, 0.1) is 12.6 Å². The molecule has 3 aromatic carbocycles. The maximum atomic E-state index is 12.5. The van der Waals surface area contributed by atoms with E-state index in [1.54, 1.807) is 11.8 Å². The third-order valence-corrected chi connectivity index (χ3v) is 4.65. The number of methoxy groups -OCH3 is 1. The molecule has 1 aromatic heterocycles. The van der Waals surface area contributed by atoms with Crippen LogP contribution in [-0.2, 0) is 17.9 Å². The number of fused-ring (bicyclic) bond motifs is 1. The molecule has 0 aliphatic carbocycles. The van der Waals surface area contributed by atoms with E-state index in [1.165, 1.54) is 0 Å². The molecular weight excluding hydrogens is 350 g/mol. The molecule has 5 heteroatoms. The number of amides is 1. The van der Waals surface area contributed by atoms with Gasteiger partial charge >= 0.3 is 0 Å². The van der Waals surface area contributed by atoms with Crippen LogP contribution in [0.3, 0.4) is 0 Å². The fraction of sp³-hybridized carbons (Fsp3) is 0.130. The number of para-hydroxylation sites is 1. The summed E-state index contributed by atoms with van der Waals surface area (Å²) in [5, 5.41) is 8.71. The molecule has 0 fully saturated rings. The first-order valence-electron chi connectivity index (χ1n) is 9.15. The van der Waals surface area contributed by atoms with E-state index in [2.05, 4.69) is 5.32 Å². The monoisotopic (exact) mass is 371 g/mol. The summed E-state index contributed by atoms with van der Waals surface area (Å²) in [7, 11) is 1.63. The van der Waals surface area contributed by atoms with Crippen LogP contribution in [0.1, 0.15) is 5.56 Å². The van der Waals surface area contributed by atoms with Crippen molar-refractivity contribution in [3.63, 3.8) is 0 Å². The zero-order valence-corrected chi connectivity index (χ0v) is 15.6. The van der Waals surface area contributed by atoms with E-state index in [0.29, 0.717) is 6.54 Å². The van der Waals surface area contributed by atoms with E-state index in [0.717, 1.165) is 33.5 Å². The highest BCUT2D eigenvalue weighted by atomic mass is 16.5. The molecule has 0 saturated heterocycles. The lowest BCUT2D eigenvalue weighted by Crippen LogP contribution is -2.27. The smallest absolute Gasteiger partial charge is 0.242 e. The first-order valence-corrected chi connectivity index (χ1v) is 9.15. The molecule has 140 valence electrons. The Morgan fingerprint density at radius 1 is 0.964 bits per heavy atom. The molecule has 4 aromatic rings. The van der Waals surface area contributed by atoms with Crippen LogP contribution < -0.4 is 10.1 Å². The van der Waals surface area contributed by atoms with Crippen molar-refractivity contribution in [2.45, 2.75) is 13.1 Å². The quantitative estimate of drug-likeness (QED) is 0.557. The Bertz CT molecular complexity index is 1090. The molecule has 4 rings (SSSR count). The van der Waals surface area contributed by atoms with Crippen molar-refractivity contribution >= 4 is 16.8 Å². The van der Waals surface area contributed by atoms with Crippen LogP contribution in [0.25, 0.3) is 22.2 Å². The zero-order valence-electron chi connectivity index (χ0n) is 15.6. The van der Waals surface area contributed by atoms with Crippen LogP contribution >= 0.6 is 0 Å². The minimum absolute atomic E-state index is 0.0799. The SMILES string of the molecule is COc1ccc(CNC(=O)Cn2nc(-c3ccccc3)c3ccccc32)cc1. The normalized spacial score (nSPS) is 10.8. The molecule has 28 heavy (non-hydrogen) atoms. The van der Waals surface area contributed by atoms with Crippen molar-refractivity contribution in [2.24, 2.45) is 0 Å². The van der Waals surface area contributed by atoms with Crippen LogP contribution in [0, 0.1) is 0 Å². The van der Waals surface area contributed by atoms with Crippen molar-refractivity contribution in [1.29, 1.82) is 0 Å². The van der Waals surface area contributed by atoms with Crippen LogP contribution in [0.2, 0.25) is 0 Å². The van der Waals surface area contributed by atoms with Crippen molar-refractivity contribution in [2.75, 3.05) is 7.11 Å². The van der Waals surface area contributed by atoms with E-state index >= 15 is 0 Å². The Balaban J connectivity index is 1.52. The Morgan fingerprint density at radius 2 is 1.68 bits per heavy atom. The Morgan fingerprint density at radius 3 is 2.43 bits per heavy atom. The second-order valence-corrected chi connectivity index (χ2v) is 6.51. The van der Waals surface area contributed by atoms with Gasteiger partial charge in [-0.2, -0.15) is 5.10 Å². The number of carbonyl (C=O) groups is 1. The molecule has 0 unspecified atom stereocenters. The van der Waals surface area contributed by atoms with E-state index in [4.69, 9.17) is 9.84 Å². The number of rotatable bonds is 6. The molecule has 0 saturated carbocycles. The maximum Gasteiger partial charge on any atom is 0.242 e. The van der Waals surface area contributed by atoms with Gasteiger partial charge in [0, 0.05) is 17.5 Å². The molecule has 1 amide bonds. The van der Waals surface area contributed by atoms with E-state index in [9.17, 15) is 4.79 Å². The first kappa shape index (κ1) is 17.8. The van der Waals surface area contributed by atoms with Crippen molar-refractivity contribution in [3.05, 3.63) is 84.4 Å². The summed E-state index contributed by atoms with van der Waals surface area (Å²) >= 11 is 0. The number of aromatic nitrogens is 2. The number of nitrogens with zero attached hydrogens (tertiary/aromatic N) is 2. The third kappa shape index (κ3) is 3.74. The number of benzene rings is 3. The van der Waals surface area contributed by atoms with Crippen molar-refractivity contribution in [1.82, 2.24) is 15.1 Å². The summed E-state index contributed by atoms with van der Waals surface area (Å²) < 4.78 is 6.92. The average Bonchev–Trinajstić information content (AvgIpc) is 3.12. The molecule has 0 spiro atoms. The van der Waals surface area contributed by atoms with Gasteiger partial charge in [0.25, 0.3) is 0 Å². The number of hydrogen-bond acceptors (Lipinski definition) is 3. The van der Waals surface area contributed by atoms with Gasteiger partial charge in [-0.25, -0.2) is 0 Å². The largest absolute Gasteiger partial charge is 0.497 e. The summed E-state index contributed by atoms with van der Waals surface area (Å²) in [5.74, 6) is 0.718. The second kappa shape index (κ2) is 7.96. The van der Waals surface area contributed by atoms with Crippen LogP contribution in [0.5, 0.6) is 5.75 Å². The van der Waals surface area contributed by atoms with Crippen LogP contribution in [-0.4, -0.2) is 22.8 Å². The van der Waals surface area contributed by atoms with Crippen LogP contribution in [0.4, 0.5) is 0 Å². The van der Waals surface area contributed by atoms with Gasteiger partial charge in [0.15, 0.2) is 0 Å². The topological polar surface area (TPSA) is 56.1 Å². The number of ether oxygens (including phenoxy) is 1. The van der Waals surface area contributed by atoms with Crippen molar-refractivity contribution in [3.8, 4) is 17.0 Å². The molecule has 0 bridgehead atoms. The molecule has 0 radical (unpaired) electrons. The van der Waals surface area contributed by atoms with Gasteiger partial charge < -0.3 is 10.1 Å². The van der Waals surface area contributed by atoms with Gasteiger partial charge in [-0.15, -0.1) is 0 Å². The number of nitrogens with one attached hydrogen (secondary N) is 1. The molecular formula is C23H21N3O2. The fourth-order valence-corrected chi connectivity index (χ4v) is 3.19. The van der Waals surface area contributed by atoms with Gasteiger partial charge in [0.1, 0.15) is 18.0 Å². The average molecular weight is 371 g/mol. The van der Waals surface area contributed by atoms with Gasteiger partial charge in [-0.1, -0.05) is 60.7 Å². The Labute approximate surface area is 163 Å². The van der Waals surface area contributed by atoms with Gasteiger partial charge in [0.2, 0.25) is 5.91 Å². The summed E-state index contributed by atoms with van der Waals surface area (Å²) in [6, 6.07) is 25.7. The minimum Gasteiger partial charge on any atom is -0.497 e. The number of hydrogen-bond donors (Lipinski definition) is 1. The predicted octanol–water partition coefficient (Wildman–Crippen LogP) is 4.03. The van der Waals surface area contributed by atoms with E-state index in [1.807, 2.05) is 78.9 Å². The maximum absolute atomic E-state index is 12.5. The fourth-order valence-electron chi connectivity index (χ4n) is 3.19. The number of carbonyl (C=O) groups excluding carboxylic acids is 1. The standard InChI is InChI=1S/C23H21N3O2/c1-28-19-13-11-17(12-14-19)15-24-22(27)16-26-21-10-6-5-9-20(21)23(25-26)18-7-3-2-4-8-18/h2-14H,15-16H2,1H3,(H,24,27). The molecule has 1 N–H and O–H groups in total. The summed E-state index contributed by atoms with van der Waals surface area (Å²) in [6.45, 7) is 0.636. The molecule has 0 atom stereocenters. The lowest BCUT2D eigenvalue weighted by Gasteiger charge is -2.07. The van der Waals surface area contributed by atoms with Gasteiger partial charge in [-0.05, 0) is 23.8 Å². The van der Waals surface area contributed by atoms with Crippen molar-refractivity contribution < 1.29 is 9.53 Å². The summed E-state index contributed by atoms with van der Waals surface area (Å²) in [6.07, 6.45) is 0. The van der Waals surface area contributed by atoms with Crippen LogP contribution in [0.15, 0.2) is 78.9 Å². The second-order valence-electron chi connectivity index (χ2n) is 6.51. The third-order valence-electron chi connectivity index (χ3n) is 4.65. The highest BCUT2D eigenvalue weighted by Crippen LogP contribution is 2.27. The van der Waals surface area contributed by atoms with Gasteiger partial charge in [-0.3, -0.25) is 9.48 Å².